The predicted molar refractivity (Wildman–Crippen MR) is 84.6 cm³/mol. The number of hydrogen-bond donors (Lipinski definition) is 1. The average molecular weight is 334 g/mol. The van der Waals surface area contributed by atoms with Crippen LogP contribution in [0, 0.1) is 19.7 Å². The van der Waals surface area contributed by atoms with E-state index < -0.39 is 21.6 Å². The van der Waals surface area contributed by atoms with Gasteiger partial charge in [0.05, 0.1) is 5.52 Å². The van der Waals surface area contributed by atoms with Crippen molar-refractivity contribution in [3.63, 3.8) is 0 Å². The Bertz CT molecular complexity index is 963. The lowest BCUT2D eigenvalue weighted by molar-refractivity contribution is 0.375. The predicted octanol–water partition coefficient (Wildman–Crippen LogP) is 3.13. The van der Waals surface area contributed by atoms with E-state index in [4.69, 9.17) is 4.74 Å². The van der Waals surface area contributed by atoms with Gasteiger partial charge in [-0.15, -0.1) is 0 Å². The Morgan fingerprint density at radius 2 is 1.87 bits per heavy atom. The van der Waals surface area contributed by atoms with E-state index in [1.54, 1.807) is 6.07 Å². The molecule has 1 aromatic carbocycles. The van der Waals surface area contributed by atoms with Crippen LogP contribution in [0.2, 0.25) is 0 Å². The van der Waals surface area contributed by atoms with Gasteiger partial charge in [-0.25, -0.2) is 17.8 Å². The van der Waals surface area contributed by atoms with Crippen molar-refractivity contribution < 1.29 is 17.5 Å². The molecule has 0 fully saturated rings. The second-order valence-electron chi connectivity index (χ2n) is 5.24. The van der Waals surface area contributed by atoms with E-state index in [-0.39, 0.29) is 10.8 Å². The summed E-state index contributed by atoms with van der Waals surface area (Å²) in [5.74, 6) is -0.702. The quantitative estimate of drug-likeness (QED) is 0.796. The molecule has 2 heterocycles. The third-order valence-electron chi connectivity index (χ3n) is 3.68. The molecule has 0 aliphatic rings. The summed E-state index contributed by atoms with van der Waals surface area (Å²) in [6.45, 7) is 3.79. The van der Waals surface area contributed by atoms with Gasteiger partial charge in [0.1, 0.15) is 11.6 Å². The number of hydrogen-bond acceptors (Lipinski definition) is 4. The topological polar surface area (TPSA) is 72.0 Å². The number of ether oxygens (including phenoxy) is 1. The number of rotatable bonds is 4. The summed E-state index contributed by atoms with van der Waals surface area (Å²) in [5.41, 5.74) is 2.35. The molecular weight excluding hydrogens is 319 g/mol. The lowest BCUT2D eigenvalue weighted by Crippen LogP contribution is -2.14. The lowest BCUT2D eigenvalue weighted by Gasteiger charge is -2.07. The summed E-state index contributed by atoms with van der Waals surface area (Å²) in [7, 11) is -3.76. The van der Waals surface area contributed by atoms with Crippen LogP contribution in [-0.2, 0) is 9.84 Å². The number of H-pyrrole nitrogens is 1. The Kier molecular flexibility index (Phi) is 3.81. The van der Waals surface area contributed by atoms with E-state index >= 15 is 0 Å². The molecule has 0 unspecified atom stereocenters. The molecule has 1 N–H and O–H groups in total. The van der Waals surface area contributed by atoms with E-state index in [2.05, 4.69) is 9.97 Å². The van der Waals surface area contributed by atoms with E-state index in [0.717, 1.165) is 16.6 Å². The van der Waals surface area contributed by atoms with Crippen LogP contribution in [0.25, 0.3) is 10.9 Å². The Morgan fingerprint density at radius 1 is 1.17 bits per heavy atom. The molecule has 0 bridgehead atoms. The zero-order valence-corrected chi connectivity index (χ0v) is 13.4. The van der Waals surface area contributed by atoms with Crippen LogP contribution in [0.1, 0.15) is 11.3 Å². The number of halogens is 1. The van der Waals surface area contributed by atoms with Crippen LogP contribution in [0.3, 0.4) is 0 Å². The molecule has 0 saturated carbocycles. The summed E-state index contributed by atoms with van der Waals surface area (Å²) in [6, 6.07) is 6.94. The number of fused-ring (bicyclic) bond motifs is 1. The number of pyridine rings is 1. The first-order valence-electron chi connectivity index (χ1n) is 6.93. The highest BCUT2D eigenvalue weighted by Crippen LogP contribution is 2.26. The maximum absolute atomic E-state index is 12.9. The minimum absolute atomic E-state index is 0.0479. The van der Waals surface area contributed by atoms with Crippen LogP contribution in [0.4, 0.5) is 4.39 Å². The van der Waals surface area contributed by atoms with Gasteiger partial charge in [0.15, 0.2) is 11.0 Å². The third kappa shape index (κ3) is 2.92. The second-order valence-corrected chi connectivity index (χ2v) is 7.10. The Morgan fingerprint density at radius 3 is 2.57 bits per heavy atom. The minimum atomic E-state index is -3.76. The normalized spacial score (nSPS) is 11.8. The van der Waals surface area contributed by atoms with Crippen LogP contribution in [-0.4, -0.2) is 24.3 Å². The first-order chi connectivity index (χ1) is 10.9. The number of aryl methyl sites for hydroxylation is 2. The Balaban J connectivity index is 1.93. The van der Waals surface area contributed by atoms with E-state index in [0.29, 0.717) is 5.52 Å². The lowest BCUT2D eigenvalue weighted by atomic mass is 10.2. The van der Waals surface area contributed by atoms with Gasteiger partial charge in [-0.1, -0.05) is 0 Å². The van der Waals surface area contributed by atoms with Gasteiger partial charge >= 0.3 is 0 Å². The standard InChI is InChI=1S/C16H15FN2O3S/c1-10-11(2)19-15-14(10)7-8-18-16(15)23(20,21)9-22-13-5-3-12(17)4-6-13/h3-8,19H,9H2,1-2H3. The molecule has 7 heteroatoms. The molecule has 120 valence electrons. The van der Waals surface area contributed by atoms with Crippen LogP contribution in [0.5, 0.6) is 5.75 Å². The molecule has 3 rings (SSSR count). The van der Waals surface area contributed by atoms with Gasteiger partial charge in [-0.2, -0.15) is 0 Å². The fourth-order valence-electron chi connectivity index (χ4n) is 2.33. The number of nitrogens with zero attached hydrogens (tertiary/aromatic N) is 1. The molecule has 5 nitrogen and oxygen atoms in total. The van der Waals surface area contributed by atoms with Crippen molar-refractivity contribution in [2.24, 2.45) is 0 Å². The van der Waals surface area contributed by atoms with Crippen LogP contribution < -0.4 is 4.74 Å². The monoisotopic (exact) mass is 334 g/mol. The van der Waals surface area contributed by atoms with Crippen molar-refractivity contribution >= 4 is 20.7 Å². The minimum Gasteiger partial charge on any atom is -0.477 e. The van der Waals surface area contributed by atoms with E-state index in [9.17, 15) is 12.8 Å². The van der Waals surface area contributed by atoms with Gasteiger partial charge in [0.2, 0.25) is 9.84 Å². The smallest absolute Gasteiger partial charge is 0.232 e. The molecule has 0 atom stereocenters. The van der Waals surface area contributed by atoms with Crippen molar-refractivity contribution in [3.05, 3.63) is 53.6 Å². The maximum atomic E-state index is 12.9. The second kappa shape index (κ2) is 5.66. The average Bonchev–Trinajstić information content (AvgIpc) is 2.82. The van der Waals surface area contributed by atoms with Crippen molar-refractivity contribution in [3.8, 4) is 5.75 Å². The van der Waals surface area contributed by atoms with Crippen LogP contribution >= 0.6 is 0 Å². The molecule has 23 heavy (non-hydrogen) atoms. The van der Waals surface area contributed by atoms with E-state index in [1.165, 1.54) is 30.5 Å². The van der Waals surface area contributed by atoms with Crippen molar-refractivity contribution in [2.75, 3.05) is 5.94 Å². The molecule has 0 amide bonds. The SMILES string of the molecule is Cc1[nH]c2c(S(=O)(=O)COc3ccc(F)cc3)nccc2c1C. The maximum Gasteiger partial charge on any atom is 0.232 e. The Hall–Kier alpha value is -2.41. The highest BCUT2D eigenvalue weighted by Gasteiger charge is 2.22. The molecule has 0 aliphatic carbocycles. The number of aromatic amines is 1. The van der Waals surface area contributed by atoms with Gasteiger partial charge in [0.25, 0.3) is 0 Å². The zero-order chi connectivity index (χ0) is 16.6. The zero-order valence-electron chi connectivity index (χ0n) is 12.6. The number of benzene rings is 1. The van der Waals surface area contributed by atoms with Gasteiger partial charge < -0.3 is 9.72 Å². The molecule has 0 aliphatic heterocycles. The van der Waals surface area contributed by atoms with Gasteiger partial charge in [0, 0.05) is 17.3 Å². The molecule has 2 aromatic heterocycles. The van der Waals surface area contributed by atoms with Crippen molar-refractivity contribution in [1.29, 1.82) is 0 Å². The number of sulfone groups is 1. The molecule has 3 aromatic rings. The van der Waals surface area contributed by atoms with Crippen molar-refractivity contribution in [1.82, 2.24) is 9.97 Å². The summed E-state index contributed by atoms with van der Waals surface area (Å²) >= 11 is 0. The fraction of sp³-hybridized carbons (Fsp3) is 0.188. The first kappa shape index (κ1) is 15.5. The third-order valence-corrected chi connectivity index (χ3v) is 5.01. The summed E-state index contributed by atoms with van der Waals surface area (Å²) in [4.78, 5) is 7.06. The summed E-state index contributed by atoms with van der Waals surface area (Å²) < 4.78 is 43.2. The van der Waals surface area contributed by atoms with Gasteiger partial charge in [-0.3, -0.25) is 0 Å². The summed E-state index contributed by atoms with van der Waals surface area (Å²) in [5, 5.41) is 0.770. The highest BCUT2D eigenvalue weighted by atomic mass is 32.2. The van der Waals surface area contributed by atoms with Crippen molar-refractivity contribution in [2.45, 2.75) is 18.9 Å². The van der Waals surface area contributed by atoms with E-state index in [1.807, 2.05) is 13.8 Å². The largest absolute Gasteiger partial charge is 0.477 e. The summed E-state index contributed by atoms with van der Waals surface area (Å²) in [6.07, 6.45) is 1.47. The number of nitrogens with one attached hydrogen (secondary N) is 1. The molecule has 0 saturated heterocycles. The fourth-order valence-corrected chi connectivity index (χ4v) is 3.42. The van der Waals surface area contributed by atoms with Crippen LogP contribution in [0.15, 0.2) is 41.6 Å². The molecular formula is C16H15FN2O3S. The van der Waals surface area contributed by atoms with Gasteiger partial charge in [-0.05, 0) is 49.7 Å². The number of aromatic nitrogens is 2. The highest BCUT2D eigenvalue weighted by molar-refractivity contribution is 7.91. The molecule has 0 radical (unpaired) electrons. The first-order valence-corrected chi connectivity index (χ1v) is 8.59. The molecule has 0 spiro atoms. The Labute approximate surface area is 133 Å².